The lowest BCUT2D eigenvalue weighted by Crippen LogP contribution is -2.49. The van der Waals surface area contributed by atoms with E-state index in [0.717, 1.165) is 0 Å². The molecule has 20 heavy (non-hydrogen) atoms. The summed E-state index contributed by atoms with van der Waals surface area (Å²) in [5.41, 5.74) is 0. The minimum atomic E-state index is -0.733. The highest BCUT2D eigenvalue weighted by atomic mass is 16.5. The molecule has 1 aliphatic heterocycles. The molecule has 7 nitrogen and oxygen atoms in total. The summed E-state index contributed by atoms with van der Waals surface area (Å²) in [6.07, 6.45) is 2.90. The second-order valence-corrected chi connectivity index (χ2v) is 4.65. The molecule has 0 saturated carbocycles. The average molecular weight is 281 g/mol. The van der Waals surface area contributed by atoms with E-state index < -0.39 is 18.1 Å². The summed E-state index contributed by atoms with van der Waals surface area (Å²) < 4.78 is 4.65. The van der Waals surface area contributed by atoms with Crippen LogP contribution < -0.4 is 10.6 Å². The van der Waals surface area contributed by atoms with E-state index in [1.807, 2.05) is 6.07 Å². The predicted molar refractivity (Wildman–Crippen MR) is 69.2 cm³/mol. The molecule has 110 valence electrons. The predicted octanol–water partition coefficient (Wildman–Crippen LogP) is 0.00678. The lowest BCUT2D eigenvalue weighted by molar-refractivity contribution is -0.145. The van der Waals surface area contributed by atoms with Crippen LogP contribution in [0, 0.1) is 11.3 Å². The van der Waals surface area contributed by atoms with Crippen molar-refractivity contribution in [1.82, 2.24) is 10.6 Å². The fourth-order valence-corrected chi connectivity index (χ4v) is 2.03. The Morgan fingerprint density at radius 1 is 1.55 bits per heavy atom. The van der Waals surface area contributed by atoms with Gasteiger partial charge in [-0.3, -0.25) is 9.59 Å². The Morgan fingerprint density at radius 3 is 2.85 bits per heavy atom. The maximum atomic E-state index is 11.9. The van der Waals surface area contributed by atoms with Gasteiger partial charge in [-0.1, -0.05) is 0 Å². The molecule has 0 aliphatic carbocycles. The van der Waals surface area contributed by atoms with Crippen LogP contribution in [0.25, 0.3) is 0 Å². The van der Waals surface area contributed by atoms with Gasteiger partial charge in [0.05, 0.1) is 13.2 Å². The highest BCUT2D eigenvalue weighted by molar-refractivity contribution is 5.93. The number of hydrogen-bond donors (Lipinski definition) is 2. The maximum Gasteiger partial charge on any atom is 0.328 e. The molecule has 0 aromatic carbocycles. The zero-order valence-electron chi connectivity index (χ0n) is 11.5. The fraction of sp³-hybridized carbons (Fsp3) is 0.692. The van der Waals surface area contributed by atoms with Gasteiger partial charge in [-0.25, -0.2) is 4.79 Å². The highest BCUT2D eigenvalue weighted by Crippen LogP contribution is 2.09. The largest absolute Gasteiger partial charge is 0.467 e. The number of rotatable bonds is 7. The fourth-order valence-electron chi connectivity index (χ4n) is 2.03. The smallest absolute Gasteiger partial charge is 0.328 e. The minimum Gasteiger partial charge on any atom is -0.467 e. The van der Waals surface area contributed by atoms with Gasteiger partial charge in [-0.2, -0.15) is 5.26 Å². The topological polar surface area (TPSA) is 108 Å². The van der Waals surface area contributed by atoms with Crippen molar-refractivity contribution in [3.05, 3.63) is 0 Å². The standard InChI is InChI=1S/C13H19N3O4/c1-20-13(19)10(5-3-2-4-8-14)16-12(18)9-6-7-11(17)15-9/h9-10H,2-7H2,1H3,(H,15,17)(H,16,18)/t9-,10+/m0/s1. The molecule has 0 spiro atoms. The summed E-state index contributed by atoms with van der Waals surface area (Å²) in [7, 11) is 1.26. The Bertz CT molecular complexity index is 416. The van der Waals surface area contributed by atoms with E-state index in [2.05, 4.69) is 15.4 Å². The molecule has 1 rings (SSSR count). The second-order valence-electron chi connectivity index (χ2n) is 4.65. The lowest BCUT2D eigenvalue weighted by atomic mass is 10.1. The molecule has 1 aliphatic rings. The van der Waals surface area contributed by atoms with Gasteiger partial charge < -0.3 is 15.4 Å². The molecule has 1 heterocycles. The van der Waals surface area contributed by atoms with E-state index in [-0.39, 0.29) is 11.8 Å². The summed E-state index contributed by atoms with van der Waals surface area (Å²) in [6.45, 7) is 0. The molecule has 0 bridgehead atoms. The highest BCUT2D eigenvalue weighted by Gasteiger charge is 2.30. The number of esters is 1. The van der Waals surface area contributed by atoms with Gasteiger partial charge in [0.15, 0.2) is 0 Å². The number of unbranched alkanes of at least 4 members (excludes halogenated alkanes) is 2. The van der Waals surface area contributed by atoms with Crippen LogP contribution in [-0.2, 0) is 19.1 Å². The van der Waals surface area contributed by atoms with Gasteiger partial charge in [0.1, 0.15) is 12.1 Å². The summed E-state index contributed by atoms with van der Waals surface area (Å²) >= 11 is 0. The first-order valence-electron chi connectivity index (χ1n) is 6.63. The van der Waals surface area contributed by atoms with Crippen LogP contribution in [0.3, 0.4) is 0 Å². The van der Waals surface area contributed by atoms with Crippen LogP contribution in [-0.4, -0.2) is 37.0 Å². The van der Waals surface area contributed by atoms with E-state index in [0.29, 0.717) is 38.5 Å². The van der Waals surface area contributed by atoms with Crippen molar-refractivity contribution >= 4 is 17.8 Å². The van der Waals surface area contributed by atoms with Crippen molar-refractivity contribution in [2.45, 2.75) is 50.6 Å². The molecule has 2 amide bonds. The number of carbonyl (C=O) groups is 3. The summed E-state index contributed by atoms with van der Waals surface area (Å²) in [6, 6.07) is 0.716. The Balaban J connectivity index is 2.47. The second kappa shape index (κ2) is 8.15. The number of nitrogens with zero attached hydrogens (tertiary/aromatic N) is 1. The lowest BCUT2D eigenvalue weighted by Gasteiger charge is -2.18. The summed E-state index contributed by atoms with van der Waals surface area (Å²) in [5, 5.41) is 13.6. The average Bonchev–Trinajstić information content (AvgIpc) is 2.88. The van der Waals surface area contributed by atoms with Gasteiger partial charge in [-0.05, 0) is 25.7 Å². The molecule has 1 fully saturated rings. The minimum absolute atomic E-state index is 0.159. The first kappa shape index (κ1) is 16.0. The third-order valence-corrected chi connectivity index (χ3v) is 3.15. The van der Waals surface area contributed by atoms with E-state index in [9.17, 15) is 14.4 Å². The number of ether oxygens (including phenoxy) is 1. The van der Waals surface area contributed by atoms with E-state index in [1.54, 1.807) is 0 Å². The molecule has 0 unspecified atom stereocenters. The Labute approximate surface area is 117 Å². The zero-order chi connectivity index (χ0) is 15.0. The SMILES string of the molecule is COC(=O)[C@@H](CCCCC#N)NC(=O)[C@@H]1CCC(=O)N1. The van der Waals surface area contributed by atoms with Gasteiger partial charge in [-0.15, -0.1) is 0 Å². The number of hydrogen-bond acceptors (Lipinski definition) is 5. The molecule has 1 saturated heterocycles. The Hall–Kier alpha value is -2.10. The normalized spacial score (nSPS) is 18.8. The van der Waals surface area contributed by atoms with Gasteiger partial charge in [0.25, 0.3) is 0 Å². The number of methoxy groups -OCH3 is 1. The third kappa shape index (κ3) is 4.88. The Morgan fingerprint density at radius 2 is 2.30 bits per heavy atom. The molecule has 0 radical (unpaired) electrons. The van der Waals surface area contributed by atoms with Gasteiger partial charge >= 0.3 is 5.97 Å². The zero-order valence-corrected chi connectivity index (χ0v) is 11.5. The van der Waals surface area contributed by atoms with Crippen molar-refractivity contribution in [3.8, 4) is 6.07 Å². The monoisotopic (exact) mass is 281 g/mol. The van der Waals surface area contributed by atoms with E-state index in [4.69, 9.17) is 5.26 Å². The number of amides is 2. The van der Waals surface area contributed by atoms with Crippen LogP contribution >= 0.6 is 0 Å². The molecule has 2 atom stereocenters. The maximum absolute atomic E-state index is 11.9. The van der Waals surface area contributed by atoms with Gasteiger partial charge in [0, 0.05) is 12.8 Å². The molecular weight excluding hydrogens is 262 g/mol. The van der Waals surface area contributed by atoms with Crippen LogP contribution in [0.1, 0.15) is 38.5 Å². The first-order valence-corrected chi connectivity index (χ1v) is 6.63. The molecule has 0 aromatic heterocycles. The van der Waals surface area contributed by atoms with Crippen molar-refractivity contribution in [1.29, 1.82) is 5.26 Å². The number of nitriles is 1. The van der Waals surface area contributed by atoms with Crippen molar-refractivity contribution < 1.29 is 19.1 Å². The molecule has 7 heteroatoms. The van der Waals surface area contributed by atoms with Crippen LogP contribution in [0.2, 0.25) is 0 Å². The van der Waals surface area contributed by atoms with Crippen LogP contribution in [0.4, 0.5) is 0 Å². The van der Waals surface area contributed by atoms with Crippen LogP contribution in [0.15, 0.2) is 0 Å². The van der Waals surface area contributed by atoms with Crippen molar-refractivity contribution in [2.75, 3.05) is 7.11 Å². The van der Waals surface area contributed by atoms with E-state index >= 15 is 0 Å². The van der Waals surface area contributed by atoms with Crippen molar-refractivity contribution in [2.24, 2.45) is 0 Å². The first-order chi connectivity index (χ1) is 9.58. The quantitative estimate of drug-likeness (QED) is 0.504. The van der Waals surface area contributed by atoms with Crippen molar-refractivity contribution in [3.63, 3.8) is 0 Å². The van der Waals surface area contributed by atoms with Crippen LogP contribution in [0.5, 0.6) is 0 Å². The number of carbonyl (C=O) groups excluding carboxylic acids is 3. The number of nitrogens with one attached hydrogen (secondary N) is 2. The van der Waals surface area contributed by atoms with Gasteiger partial charge in [0.2, 0.25) is 11.8 Å². The molecule has 0 aromatic rings. The Kier molecular flexibility index (Phi) is 6.50. The third-order valence-electron chi connectivity index (χ3n) is 3.15. The summed E-state index contributed by atoms with van der Waals surface area (Å²) in [4.78, 5) is 34.6. The molecule has 2 N–H and O–H groups in total. The van der Waals surface area contributed by atoms with E-state index in [1.165, 1.54) is 7.11 Å². The molecular formula is C13H19N3O4. The summed E-state index contributed by atoms with van der Waals surface area (Å²) in [5.74, 6) is -1.04.